The third-order valence-electron chi connectivity index (χ3n) is 9.26. The molecule has 0 amide bonds. The molecule has 0 aliphatic heterocycles. The molecular weight excluding hydrogens is 465 g/mol. The maximum Gasteiger partial charge on any atom is 0.516 e. The van der Waals surface area contributed by atoms with Gasteiger partial charge in [-0.3, -0.25) is 9.71 Å². The molecule has 1 aromatic heterocycles. The van der Waals surface area contributed by atoms with Crippen molar-refractivity contribution >= 4 is 21.3 Å². The molecular formula is C25H31F3N2O3S. The van der Waals surface area contributed by atoms with Crippen LogP contribution in [0.25, 0.3) is 5.57 Å². The van der Waals surface area contributed by atoms with E-state index in [2.05, 4.69) is 31.0 Å². The number of aliphatic hydroxyl groups is 1. The van der Waals surface area contributed by atoms with Gasteiger partial charge in [0, 0.05) is 6.20 Å². The summed E-state index contributed by atoms with van der Waals surface area (Å²) < 4.78 is 63.2. The maximum absolute atomic E-state index is 12.8. The molecule has 9 heteroatoms. The fraction of sp³-hybridized carbons (Fsp3) is 0.640. The van der Waals surface area contributed by atoms with Crippen LogP contribution in [-0.4, -0.2) is 30.1 Å². The molecule has 186 valence electrons. The van der Waals surface area contributed by atoms with Gasteiger partial charge in [-0.25, -0.2) is 0 Å². The summed E-state index contributed by atoms with van der Waals surface area (Å²) in [4.78, 5) is 4.05. The molecule has 0 bridgehead atoms. The number of halogens is 3. The van der Waals surface area contributed by atoms with Crippen molar-refractivity contribution in [2.75, 3.05) is 4.72 Å². The van der Waals surface area contributed by atoms with E-state index in [0.717, 1.165) is 56.7 Å². The highest BCUT2D eigenvalue weighted by atomic mass is 32.2. The summed E-state index contributed by atoms with van der Waals surface area (Å²) in [6.07, 6.45) is 13.6. The number of pyridine rings is 1. The first-order chi connectivity index (χ1) is 15.8. The number of anilines is 1. The molecule has 0 spiro atoms. The van der Waals surface area contributed by atoms with E-state index in [1.165, 1.54) is 11.6 Å². The molecule has 1 aromatic rings. The van der Waals surface area contributed by atoms with Crippen LogP contribution in [0.15, 0.2) is 36.2 Å². The number of aliphatic hydroxyl groups excluding tert-OH is 1. The van der Waals surface area contributed by atoms with Crippen LogP contribution in [0.5, 0.6) is 0 Å². The minimum absolute atomic E-state index is 0.129. The van der Waals surface area contributed by atoms with Crippen molar-refractivity contribution in [3.8, 4) is 0 Å². The van der Waals surface area contributed by atoms with Gasteiger partial charge < -0.3 is 5.11 Å². The van der Waals surface area contributed by atoms with E-state index in [1.807, 2.05) is 0 Å². The normalized spacial score (nSPS) is 37.7. The van der Waals surface area contributed by atoms with E-state index in [0.29, 0.717) is 23.3 Å². The van der Waals surface area contributed by atoms with Gasteiger partial charge in [-0.05, 0) is 90.7 Å². The summed E-state index contributed by atoms with van der Waals surface area (Å²) in [6.45, 7) is 4.61. The Balaban J connectivity index is 1.41. The lowest BCUT2D eigenvalue weighted by Crippen LogP contribution is -2.49. The molecule has 2 N–H and O–H groups in total. The molecule has 1 unspecified atom stereocenters. The smallest absolute Gasteiger partial charge is 0.393 e. The molecule has 6 atom stereocenters. The maximum atomic E-state index is 12.8. The summed E-state index contributed by atoms with van der Waals surface area (Å²) in [6, 6.07) is 1.46. The molecule has 2 saturated carbocycles. The van der Waals surface area contributed by atoms with Gasteiger partial charge in [0.05, 0.1) is 18.0 Å². The van der Waals surface area contributed by atoms with Crippen molar-refractivity contribution in [3.05, 3.63) is 41.7 Å². The average molecular weight is 497 g/mol. The third kappa shape index (κ3) is 3.61. The number of sulfonamides is 1. The second-order valence-electron chi connectivity index (χ2n) is 11.0. The SMILES string of the molecule is C[C@]12CC[C@H](O)CC1=CC[C@H]1C3CC=C(c4cncc(NS(=O)(=O)C(F)(F)F)c4)[C@@]3(C)CC[C@@H]12. The van der Waals surface area contributed by atoms with Gasteiger partial charge in [0.2, 0.25) is 0 Å². The highest BCUT2D eigenvalue weighted by molar-refractivity contribution is 7.93. The largest absolute Gasteiger partial charge is 0.516 e. The number of hydrogen-bond acceptors (Lipinski definition) is 4. The quantitative estimate of drug-likeness (QED) is 0.529. The molecule has 0 saturated heterocycles. The number of allylic oxidation sites excluding steroid dienone is 3. The number of nitrogens with one attached hydrogen (secondary N) is 1. The Morgan fingerprint density at radius 3 is 2.53 bits per heavy atom. The van der Waals surface area contributed by atoms with Gasteiger partial charge in [0.15, 0.2) is 0 Å². The van der Waals surface area contributed by atoms with Crippen LogP contribution >= 0.6 is 0 Å². The summed E-state index contributed by atoms with van der Waals surface area (Å²) in [5.74, 6) is 1.49. The second-order valence-corrected chi connectivity index (χ2v) is 12.7. The Labute approximate surface area is 198 Å². The standard InChI is InChI=1S/C25H31F3N2O3S/c1-23-9-7-18(31)12-16(23)3-4-19-21-6-5-20(24(21,2)10-8-22(19)23)15-11-17(14-29-13-15)30-34(32,33)25(26,27)28/h3,5,11,13-14,18-19,21-22,30-31H,4,6-10,12H2,1-2H3/t18-,19-,21?,22-,23-,24+/m0/s1. The monoisotopic (exact) mass is 496 g/mol. The lowest BCUT2D eigenvalue weighted by atomic mass is 9.47. The first-order valence-corrected chi connectivity index (χ1v) is 13.5. The van der Waals surface area contributed by atoms with Crippen molar-refractivity contribution in [2.24, 2.45) is 28.6 Å². The van der Waals surface area contributed by atoms with Gasteiger partial charge in [0.25, 0.3) is 0 Å². The van der Waals surface area contributed by atoms with Crippen LogP contribution in [0.3, 0.4) is 0 Å². The Bertz CT molecular complexity index is 1160. The molecule has 1 heterocycles. The Kier molecular flexibility index (Phi) is 5.48. The van der Waals surface area contributed by atoms with E-state index in [1.54, 1.807) is 10.9 Å². The Hall–Kier alpha value is -1.87. The highest BCUT2D eigenvalue weighted by Gasteiger charge is 2.56. The van der Waals surface area contributed by atoms with Crippen LogP contribution in [0, 0.1) is 28.6 Å². The minimum Gasteiger partial charge on any atom is -0.393 e. The van der Waals surface area contributed by atoms with Crippen molar-refractivity contribution < 1.29 is 26.7 Å². The van der Waals surface area contributed by atoms with Gasteiger partial charge in [0.1, 0.15) is 0 Å². The molecule has 0 radical (unpaired) electrons. The van der Waals surface area contributed by atoms with Crippen LogP contribution < -0.4 is 4.72 Å². The van der Waals surface area contributed by atoms with Crippen LogP contribution in [0.2, 0.25) is 0 Å². The zero-order valence-electron chi connectivity index (χ0n) is 19.4. The van der Waals surface area contributed by atoms with E-state index >= 15 is 0 Å². The lowest BCUT2D eigenvalue weighted by Gasteiger charge is -2.57. The van der Waals surface area contributed by atoms with Crippen molar-refractivity contribution in [2.45, 2.75) is 70.4 Å². The minimum atomic E-state index is -5.50. The highest BCUT2D eigenvalue weighted by Crippen LogP contribution is 2.66. The topological polar surface area (TPSA) is 79.3 Å². The number of nitrogens with zero attached hydrogens (tertiary/aromatic N) is 1. The van der Waals surface area contributed by atoms with E-state index in [9.17, 15) is 26.7 Å². The van der Waals surface area contributed by atoms with Crippen LogP contribution in [0.1, 0.15) is 64.4 Å². The molecule has 34 heavy (non-hydrogen) atoms. The first kappa shape index (κ1) is 23.9. The molecule has 5 rings (SSSR count). The van der Waals surface area contributed by atoms with Gasteiger partial charge >= 0.3 is 15.5 Å². The lowest BCUT2D eigenvalue weighted by molar-refractivity contribution is -0.0429. The number of rotatable bonds is 3. The molecule has 2 fully saturated rings. The van der Waals surface area contributed by atoms with E-state index in [-0.39, 0.29) is 22.6 Å². The van der Waals surface area contributed by atoms with Gasteiger partial charge in [-0.2, -0.15) is 21.6 Å². The number of hydrogen-bond donors (Lipinski definition) is 2. The summed E-state index contributed by atoms with van der Waals surface area (Å²) >= 11 is 0. The van der Waals surface area contributed by atoms with Crippen molar-refractivity contribution in [3.63, 3.8) is 0 Å². The number of aromatic nitrogens is 1. The summed E-state index contributed by atoms with van der Waals surface area (Å²) in [7, 11) is -5.50. The summed E-state index contributed by atoms with van der Waals surface area (Å²) in [5, 5.41) is 10.2. The van der Waals surface area contributed by atoms with Gasteiger partial charge in [-0.15, -0.1) is 0 Å². The third-order valence-corrected chi connectivity index (χ3v) is 10.4. The zero-order valence-corrected chi connectivity index (χ0v) is 20.2. The zero-order chi connectivity index (χ0) is 24.5. The fourth-order valence-corrected chi connectivity index (χ4v) is 8.05. The Morgan fingerprint density at radius 1 is 1.06 bits per heavy atom. The average Bonchev–Trinajstić information content (AvgIpc) is 3.10. The first-order valence-electron chi connectivity index (χ1n) is 12.0. The molecule has 4 aliphatic carbocycles. The van der Waals surface area contributed by atoms with E-state index in [4.69, 9.17) is 0 Å². The van der Waals surface area contributed by atoms with Crippen LogP contribution in [0.4, 0.5) is 18.9 Å². The predicted octanol–water partition coefficient (Wildman–Crippen LogP) is 5.66. The second kappa shape index (κ2) is 7.82. The fourth-order valence-electron chi connectivity index (χ4n) is 7.51. The van der Waals surface area contributed by atoms with Crippen LogP contribution in [-0.2, 0) is 10.0 Å². The number of alkyl halides is 3. The Morgan fingerprint density at radius 2 is 1.79 bits per heavy atom. The number of fused-ring (bicyclic) bond motifs is 5. The van der Waals surface area contributed by atoms with Gasteiger partial charge in [-0.1, -0.05) is 31.6 Å². The predicted molar refractivity (Wildman–Crippen MR) is 124 cm³/mol. The molecule has 0 aromatic carbocycles. The summed E-state index contributed by atoms with van der Waals surface area (Å²) in [5.41, 5.74) is -2.44. The van der Waals surface area contributed by atoms with Crippen molar-refractivity contribution in [1.29, 1.82) is 0 Å². The molecule has 4 aliphatic rings. The van der Waals surface area contributed by atoms with Crippen molar-refractivity contribution in [1.82, 2.24) is 4.98 Å². The molecule has 5 nitrogen and oxygen atoms in total. The van der Waals surface area contributed by atoms with E-state index < -0.39 is 15.5 Å².